The van der Waals surface area contributed by atoms with Crippen LogP contribution in [0.1, 0.15) is 28.9 Å². The number of aryl methyl sites for hydroxylation is 1. The molecule has 1 unspecified atom stereocenters. The number of morpholine rings is 1. The van der Waals surface area contributed by atoms with E-state index in [9.17, 15) is 13.2 Å². The second kappa shape index (κ2) is 9.74. The van der Waals surface area contributed by atoms with Crippen LogP contribution in [0, 0.1) is 6.92 Å². The molecular weight excluding hydrogens is 500 g/mol. The minimum absolute atomic E-state index is 0. The fraction of sp³-hybridized carbons (Fsp3) is 0.500. The summed E-state index contributed by atoms with van der Waals surface area (Å²) < 4.78 is 46.6. The molecule has 160 valence electrons. The first-order valence-electron chi connectivity index (χ1n) is 8.89. The van der Waals surface area contributed by atoms with Crippen LogP contribution in [0.4, 0.5) is 13.2 Å². The first-order valence-corrected chi connectivity index (χ1v) is 8.89. The molecule has 1 fully saturated rings. The van der Waals surface area contributed by atoms with E-state index in [0.717, 1.165) is 23.8 Å². The summed E-state index contributed by atoms with van der Waals surface area (Å²) in [4.78, 5) is 6.26. The van der Waals surface area contributed by atoms with Crippen LogP contribution in [0.2, 0.25) is 0 Å². The number of hydrogen-bond donors (Lipinski definition) is 1. The summed E-state index contributed by atoms with van der Waals surface area (Å²) in [6.45, 7) is 3.69. The van der Waals surface area contributed by atoms with Crippen LogP contribution < -0.4 is 5.32 Å². The Morgan fingerprint density at radius 2 is 2.10 bits per heavy atom. The largest absolute Gasteiger partial charge is 0.416 e. The number of aliphatic imine (C=N–C) groups is 1. The number of hydrogen-bond acceptors (Lipinski definition) is 4. The Morgan fingerprint density at radius 1 is 1.34 bits per heavy atom. The molecule has 0 amide bonds. The summed E-state index contributed by atoms with van der Waals surface area (Å²) in [5.41, 5.74) is -0.176. The zero-order valence-electron chi connectivity index (χ0n) is 16.4. The van der Waals surface area contributed by atoms with Crippen molar-refractivity contribution in [3.63, 3.8) is 0 Å². The van der Waals surface area contributed by atoms with Crippen molar-refractivity contribution in [2.45, 2.75) is 25.7 Å². The van der Waals surface area contributed by atoms with Crippen LogP contribution in [0.3, 0.4) is 0 Å². The molecular formula is C18H24F3IN6O. The molecule has 1 saturated heterocycles. The van der Waals surface area contributed by atoms with Crippen molar-refractivity contribution in [3.8, 4) is 0 Å². The van der Waals surface area contributed by atoms with Crippen molar-refractivity contribution < 1.29 is 17.9 Å². The molecule has 1 N–H and O–H groups in total. The molecule has 0 spiro atoms. The molecule has 1 aliphatic rings. The van der Waals surface area contributed by atoms with Gasteiger partial charge in [-0.3, -0.25) is 4.99 Å². The third-order valence-corrected chi connectivity index (χ3v) is 4.75. The molecule has 7 nitrogen and oxygen atoms in total. The third-order valence-electron chi connectivity index (χ3n) is 4.75. The Labute approximate surface area is 184 Å². The van der Waals surface area contributed by atoms with E-state index in [1.54, 1.807) is 13.1 Å². The predicted molar refractivity (Wildman–Crippen MR) is 113 cm³/mol. The summed E-state index contributed by atoms with van der Waals surface area (Å²) >= 11 is 0. The number of nitrogens with one attached hydrogen (secondary N) is 1. The highest BCUT2D eigenvalue weighted by atomic mass is 127. The number of nitrogens with zero attached hydrogens (tertiary/aromatic N) is 5. The molecule has 1 aliphatic heterocycles. The smallest absolute Gasteiger partial charge is 0.370 e. The average Bonchev–Trinajstić information content (AvgIpc) is 3.00. The van der Waals surface area contributed by atoms with E-state index < -0.39 is 17.8 Å². The third kappa shape index (κ3) is 5.59. The van der Waals surface area contributed by atoms with E-state index in [4.69, 9.17) is 4.74 Å². The Morgan fingerprint density at radius 3 is 2.72 bits per heavy atom. The van der Waals surface area contributed by atoms with Crippen molar-refractivity contribution >= 4 is 29.9 Å². The van der Waals surface area contributed by atoms with Crippen molar-refractivity contribution in [2.24, 2.45) is 12.0 Å². The standard InChI is InChI=1S/C18H23F3N6O.HI/c1-12-24-25-16(26(12)3)10-23-17(22-2)27-7-8-28-15(11-27)13-5-4-6-14(9-13)18(19,20)21;/h4-6,9,15H,7-8,10-11H2,1-3H3,(H,22,23);1H. The maximum atomic E-state index is 13.0. The van der Waals surface area contributed by atoms with Gasteiger partial charge in [0.2, 0.25) is 0 Å². The van der Waals surface area contributed by atoms with E-state index in [-0.39, 0.29) is 24.0 Å². The molecule has 0 aliphatic carbocycles. The van der Waals surface area contributed by atoms with Crippen LogP contribution >= 0.6 is 24.0 Å². The van der Waals surface area contributed by atoms with E-state index in [2.05, 4.69) is 20.5 Å². The molecule has 2 heterocycles. The van der Waals surface area contributed by atoms with Crippen LogP contribution in [0.25, 0.3) is 0 Å². The zero-order chi connectivity index (χ0) is 20.3. The number of alkyl halides is 3. The van der Waals surface area contributed by atoms with E-state index in [1.807, 2.05) is 23.4 Å². The van der Waals surface area contributed by atoms with Gasteiger partial charge >= 0.3 is 6.18 Å². The van der Waals surface area contributed by atoms with E-state index in [0.29, 0.717) is 37.8 Å². The quantitative estimate of drug-likeness (QED) is 0.380. The Hall–Kier alpha value is -1.89. The summed E-state index contributed by atoms with van der Waals surface area (Å²) in [5.74, 6) is 2.21. The minimum Gasteiger partial charge on any atom is -0.370 e. The minimum atomic E-state index is -4.38. The van der Waals surface area contributed by atoms with Crippen molar-refractivity contribution in [1.82, 2.24) is 25.0 Å². The summed E-state index contributed by atoms with van der Waals surface area (Å²) in [6, 6.07) is 5.27. The number of ether oxygens (including phenoxy) is 1. The van der Waals surface area contributed by atoms with Crippen LogP contribution in [0.5, 0.6) is 0 Å². The van der Waals surface area contributed by atoms with Crippen LogP contribution in [-0.4, -0.2) is 52.4 Å². The second-order valence-electron chi connectivity index (χ2n) is 6.55. The summed E-state index contributed by atoms with van der Waals surface area (Å²) in [6.07, 6.45) is -4.84. The number of benzene rings is 1. The Balaban J connectivity index is 0.00000300. The topological polar surface area (TPSA) is 67.6 Å². The molecule has 0 bridgehead atoms. The molecule has 0 saturated carbocycles. The molecule has 3 rings (SSSR count). The Kier molecular flexibility index (Phi) is 7.86. The Bertz CT molecular complexity index is 854. The van der Waals surface area contributed by atoms with Crippen LogP contribution in [-0.2, 0) is 24.5 Å². The zero-order valence-corrected chi connectivity index (χ0v) is 18.7. The highest BCUT2D eigenvalue weighted by Crippen LogP contribution is 2.32. The van der Waals surface area contributed by atoms with Gasteiger partial charge in [-0.25, -0.2) is 0 Å². The van der Waals surface area contributed by atoms with Crippen molar-refractivity contribution in [2.75, 3.05) is 26.7 Å². The number of guanidine groups is 1. The predicted octanol–water partition coefficient (Wildman–Crippen LogP) is 2.91. The lowest BCUT2D eigenvalue weighted by atomic mass is 10.0. The van der Waals surface area contributed by atoms with Crippen molar-refractivity contribution in [3.05, 3.63) is 47.0 Å². The molecule has 0 radical (unpaired) electrons. The maximum absolute atomic E-state index is 13.0. The lowest BCUT2D eigenvalue weighted by molar-refractivity contribution is -0.137. The maximum Gasteiger partial charge on any atom is 0.416 e. The van der Waals surface area contributed by atoms with E-state index in [1.165, 1.54) is 6.07 Å². The van der Waals surface area contributed by atoms with Gasteiger partial charge in [0.1, 0.15) is 11.9 Å². The molecule has 29 heavy (non-hydrogen) atoms. The second-order valence-corrected chi connectivity index (χ2v) is 6.55. The molecule has 1 atom stereocenters. The van der Waals surface area contributed by atoms with Crippen molar-refractivity contribution in [1.29, 1.82) is 0 Å². The fourth-order valence-electron chi connectivity index (χ4n) is 3.05. The van der Waals surface area contributed by atoms with Gasteiger partial charge in [0.25, 0.3) is 0 Å². The number of aromatic nitrogens is 3. The molecule has 2 aromatic rings. The van der Waals surface area contributed by atoms with Gasteiger partial charge in [0.05, 0.1) is 25.3 Å². The first kappa shape index (κ1) is 23.4. The summed E-state index contributed by atoms with van der Waals surface area (Å²) in [7, 11) is 3.55. The highest BCUT2D eigenvalue weighted by molar-refractivity contribution is 14.0. The monoisotopic (exact) mass is 524 g/mol. The highest BCUT2D eigenvalue weighted by Gasteiger charge is 2.32. The number of rotatable bonds is 3. The molecule has 1 aromatic heterocycles. The van der Waals surface area contributed by atoms with Gasteiger partial charge in [-0.15, -0.1) is 34.2 Å². The SMILES string of the molecule is CN=C(NCc1nnc(C)n1C)N1CCOC(c2cccc(C(F)(F)F)c2)C1.I. The fourth-order valence-corrected chi connectivity index (χ4v) is 3.05. The first-order chi connectivity index (χ1) is 13.3. The van der Waals surface area contributed by atoms with Gasteiger partial charge in [0, 0.05) is 20.6 Å². The molecule has 11 heteroatoms. The molecule has 1 aromatic carbocycles. The van der Waals surface area contributed by atoms with E-state index >= 15 is 0 Å². The lowest BCUT2D eigenvalue weighted by Crippen LogP contribution is -2.48. The number of halogens is 4. The van der Waals surface area contributed by atoms with Gasteiger partial charge in [-0.05, 0) is 24.6 Å². The lowest BCUT2D eigenvalue weighted by Gasteiger charge is -2.35. The van der Waals surface area contributed by atoms with Gasteiger partial charge in [-0.2, -0.15) is 13.2 Å². The summed E-state index contributed by atoms with van der Waals surface area (Å²) in [5, 5.41) is 11.4. The van der Waals surface area contributed by atoms with Gasteiger partial charge < -0.3 is 19.5 Å². The normalized spacial score (nSPS) is 17.8. The van der Waals surface area contributed by atoms with Gasteiger partial charge in [0.15, 0.2) is 11.8 Å². The average molecular weight is 524 g/mol. The van der Waals surface area contributed by atoms with Gasteiger partial charge in [-0.1, -0.05) is 12.1 Å². The van der Waals surface area contributed by atoms with Crippen LogP contribution in [0.15, 0.2) is 29.3 Å².